The predicted molar refractivity (Wildman–Crippen MR) is 73.4 cm³/mol. The molecular formula is C11H10ClNO4S2. The van der Waals surface area contributed by atoms with Crippen LogP contribution in [0.3, 0.4) is 0 Å². The highest BCUT2D eigenvalue weighted by atomic mass is 35.7. The second-order valence-corrected chi connectivity index (χ2v) is 8.86. The van der Waals surface area contributed by atoms with E-state index in [4.69, 9.17) is 10.7 Å². The molecule has 0 aliphatic heterocycles. The molecule has 1 aromatic heterocycles. The molecule has 1 aromatic carbocycles. The fourth-order valence-electron chi connectivity index (χ4n) is 1.66. The summed E-state index contributed by atoms with van der Waals surface area (Å²) in [6.45, 7) is 0. The number of hydrogen-bond acceptors (Lipinski definition) is 5. The van der Waals surface area contributed by atoms with Gasteiger partial charge in [0, 0.05) is 22.3 Å². The Labute approximate surface area is 115 Å². The number of sulfone groups is 1. The van der Waals surface area contributed by atoms with Crippen LogP contribution in [-0.2, 0) is 18.9 Å². The van der Waals surface area contributed by atoms with Crippen molar-refractivity contribution in [1.29, 1.82) is 0 Å². The van der Waals surface area contributed by atoms with E-state index < -0.39 is 30.4 Å². The average Bonchev–Trinajstić information content (AvgIpc) is 2.35. The maximum atomic E-state index is 12.1. The van der Waals surface area contributed by atoms with Crippen LogP contribution in [0.4, 0.5) is 0 Å². The van der Waals surface area contributed by atoms with Gasteiger partial charge in [-0.25, -0.2) is 16.8 Å². The lowest BCUT2D eigenvalue weighted by atomic mass is 10.2. The molecule has 8 heteroatoms. The molecular weight excluding hydrogens is 310 g/mol. The van der Waals surface area contributed by atoms with Crippen molar-refractivity contribution in [3.05, 3.63) is 36.5 Å². The van der Waals surface area contributed by atoms with Gasteiger partial charge in [0.1, 0.15) is 0 Å². The Balaban J connectivity index is 2.49. The van der Waals surface area contributed by atoms with E-state index in [9.17, 15) is 16.8 Å². The minimum absolute atomic E-state index is 0.0680. The zero-order valence-corrected chi connectivity index (χ0v) is 12.0. The molecule has 1 heterocycles. The number of rotatable bonds is 4. The maximum Gasteiger partial charge on any atom is 0.233 e. The first-order chi connectivity index (χ1) is 8.80. The van der Waals surface area contributed by atoms with Gasteiger partial charge in [0.25, 0.3) is 0 Å². The highest BCUT2D eigenvalue weighted by Crippen LogP contribution is 2.22. The molecule has 2 aromatic rings. The Bertz CT molecular complexity index is 810. The molecule has 0 saturated heterocycles. The van der Waals surface area contributed by atoms with Crippen molar-refractivity contribution in [3.63, 3.8) is 0 Å². The number of benzene rings is 1. The lowest BCUT2D eigenvalue weighted by molar-refractivity contribution is 0.593. The Morgan fingerprint density at radius 3 is 2.37 bits per heavy atom. The molecule has 19 heavy (non-hydrogen) atoms. The Morgan fingerprint density at radius 1 is 1.00 bits per heavy atom. The second-order valence-electron chi connectivity index (χ2n) is 3.89. The van der Waals surface area contributed by atoms with Crippen molar-refractivity contribution in [2.45, 2.75) is 4.90 Å². The molecule has 0 amide bonds. The summed E-state index contributed by atoms with van der Waals surface area (Å²) in [4.78, 5) is 4.12. The summed E-state index contributed by atoms with van der Waals surface area (Å²) in [5.41, 5.74) is 0.539. The van der Waals surface area contributed by atoms with Crippen LogP contribution in [0.1, 0.15) is 0 Å². The van der Waals surface area contributed by atoms with Gasteiger partial charge in [-0.1, -0.05) is 18.2 Å². The van der Waals surface area contributed by atoms with Gasteiger partial charge in [0.2, 0.25) is 9.05 Å². The summed E-state index contributed by atoms with van der Waals surface area (Å²) < 4.78 is 46.0. The molecule has 0 N–H and O–H groups in total. The minimum atomic E-state index is -3.84. The zero-order valence-electron chi connectivity index (χ0n) is 9.65. The molecule has 0 aliphatic carbocycles. The number of pyridine rings is 1. The van der Waals surface area contributed by atoms with Gasteiger partial charge in [-0.2, -0.15) is 0 Å². The van der Waals surface area contributed by atoms with Crippen molar-refractivity contribution in [2.75, 3.05) is 11.5 Å². The van der Waals surface area contributed by atoms with Gasteiger partial charge in [-0.15, -0.1) is 0 Å². The fraction of sp³-hybridized carbons (Fsp3) is 0.182. The monoisotopic (exact) mass is 319 g/mol. The van der Waals surface area contributed by atoms with Crippen molar-refractivity contribution < 1.29 is 16.8 Å². The number of aromatic nitrogens is 1. The largest absolute Gasteiger partial charge is 0.256 e. The smallest absolute Gasteiger partial charge is 0.233 e. The van der Waals surface area contributed by atoms with Crippen molar-refractivity contribution in [1.82, 2.24) is 4.98 Å². The highest BCUT2D eigenvalue weighted by molar-refractivity contribution is 8.14. The number of hydrogen-bond donors (Lipinski definition) is 0. The normalized spacial score (nSPS) is 12.7. The zero-order chi connectivity index (χ0) is 14.1. The summed E-state index contributed by atoms with van der Waals surface area (Å²) >= 11 is 0. The Hall–Kier alpha value is -1.18. The molecule has 0 bridgehead atoms. The van der Waals surface area contributed by atoms with Crippen LogP contribution in [0.25, 0.3) is 10.9 Å². The second kappa shape index (κ2) is 5.07. The van der Waals surface area contributed by atoms with Crippen molar-refractivity contribution in [3.8, 4) is 0 Å². The molecule has 5 nitrogen and oxygen atoms in total. The van der Waals surface area contributed by atoms with Crippen LogP contribution in [0.2, 0.25) is 0 Å². The van der Waals surface area contributed by atoms with E-state index >= 15 is 0 Å². The summed E-state index contributed by atoms with van der Waals surface area (Å²) in [5, 5.41) is 0.469. The van der Waals surface area contributed by atoms with E-state index in [2.05, 4.69) is 4.98 Å². The van der Waals surface area contributed by atoms with Gasteiger partial charge < -0.3 is 0 Å². The van der Waals surface area contributed by atoms with Crippen LogP contribution < -0.4 is 0 Å². The van der Waals surface area contributed by atoms with E-state index in [-0.39, 0.29) is 4.90 Å². The van der Waals surface area contributed by atoms with Crippen LogP contribution in [0.15, 0.2) is 41.4 Å². The van der Waals surface area contributed by atoms with E-state index in [1.54, 1.807) is 24.3 Å². The molecule has 0 radical (unpaired) electrons. The predicted octanol–water partition coefficient (Wildman–Crippen LogP) is 1.58. The SMILES string of the molecule is O=S(=O)(Cl)CCS(=O)(=O)c1ccnc2ccccc12. The Morgan fingerprint density at radius 2 is 1.68 bits per heavy atom. The average molecular weight is 320 g/mol. The third kappa shape index (κ3) is 3.43. The van der Waals surface area contributed by atoms with E-state index in [0.717, 1.165) is 0 Å². The van der Waals surface area contributed by atoms with Crippen LogP contribution in [-0.4, -0.2) is 33.3 Å². The van der Waals surface area contributed by atoms with Gasteiger partial charge in [-0.3, -0.25) is 4.98 Å². The van der Waals surface area contributed by atoms with Crippen LogP contribution in [0, 0.1) is 0 Å². The third-order valence-corrected chi connectivity index (χ3v) is 5.72. The number of nitrogens with zero attached hydrogens (tertiary/aromatic N) is 1. The number of fused-ring (bicyclic) bond motifs is 1. The summed E-state index contributed by atoms with van der Waals surface area (Å²) in [6.07, 6.45) is 1.38. The highest BCUT2D eigenvalue weighted by Gasteiger charge is 2.20. The molecule has 2 rings (SSSR count). The summed E-state index contributed by atoms with van der Waals surface area (Å²) in [7, 11) is -2.52. The molecule has 0 aliphatic rings. The summed E-state index contributed by atoms with van der Waals surface area (Å²) in [5.74, 6) is -1.17. The molecule has 0 fully saturated rings. The molecule has 102 valence electrons. The van der Waals surface area contributed by atoms with Gasteiger partial charge >= 0.3 is 0 Å². The first-order valence-electron chi connectivity index (χ1n) is 5.28. The topological polar surface area (TPSA) is 81.2 Å². The van der Waals surface area contributed by atoms with Crippen LogP contribution in [0.5, 0.6) is 0 Å². The fourth-order valence-corrected chi connectivity index (χ4v) is 4.90. The van der Waals surface area contributed by atoms with Gasteiger partial charge in [-0.05, 0) is 12.1 Å². The summed E-state index contributed by atoms with van der Waals surface area (Å²) in [6, 6.07) is 8.12. The molecule has 0 saturated carbocycles. The molecule has 0 unspecified atom stereocenters. The standard InChI is InChI=1S/C11H10ClNO4S2/c12-19(16,17)8-7-18(14,15)11-5-6-13-10-4-2-1-3-9(10)11/h1-6H,7-8H2. The van der Waals surface area contributed by atoms with E-state index in [0.29, 0.717) is 10.9 Å². The van der Waals surface area contributed by atoms with Crippen LogP contribution >= 0.6 is 10.7 Å². The first-order valence-corrected chi connectivity index (χ1v) is 9.41. The van der Waals surface area contributed by atoms with Crippen molar-refractivity contribution in [2.24, 2.45) is 0 Å². The molecule has 0 spiro atoms. The first kappa shape index (κ1) is 14.2. The lowest BCUT2D eigenvalue weighted by Gasteiger charge is -2.06. The van der Waals surface area contributed by atoms with Gasteiger partial charge in [0.05, 0.1) is 21.9 Å². The number of para-hydroxylation sites is 1. The van der Waals surface area contributed by atoms with Crippen molar-refractivity contribution >= 4 is 40.5 Å². The minimum Gasteiger partial charge on any atom is -0.256 e. The number of halogens is 1. The third-order valence-electron chi connectivity index (χ3n) is 2.54. The van der Waals surface area contributed by atoms with Gasteiger partial charge in [0.15, 0.2) is 9.84 Å². The Kier molecular flexibility index (Phi) is 3.80. The quantitative estimate of drug-likeness (QED) is 0.799. The maximum absolute atomic E-state index is 12.1. The van der Waals surface area contributed by atoms with E-state index in [1.165, 1.54) is 12.3 Å². The lowest BCUT2D eigenvalue weighted by Crippen LogP contribution is -2.14. The molecule has 0 atom stereocenters. The van der Waals surface area contributed by atoms with E-state index in [1.807, 2.05) is 0 Å².